The Bertz CT molecular complexity index is 332. The summed E-state index contributed by atoms with van der Waals surface area (Å²) < 4.78 is 5.33. The molecule has 5 heteroatoms. The molecule has 2 rings (SSSR count). The lowest BCUT2D eigenvalue weighted by atomic mass is 9.84. The van der Waals surface area contributed by atoms with E-state index in [0.717, 1.165) is 51.6 Å². The standard InChI is InChI=1S/C13H22N2O2S/c1-17-10-4-8-15(9-5-10)12(16)13(11(14)18)6-2-3-7-13/h10H,2-9H2,1H3,(H2,14,18). The monoisotopic (exact) mass is 270 g/mol. The lowest BCUT2D eigenvalue weighted by Crippen LogP contribution is -2.52. The van der Waals surface area contributed by atoms with Gasteiger partial charge in [0.2, 0.25) is 5.91 Å². The smallest absolute Gasteiger partial charge is 0.235 e. The number of amides is 1. The van der Waals surface area contributed by atoms with E-state index in [1.807, 2.05) is 4.90 Å². The molecular weight excluding hydrogens is 248 g/mol. The molecule has 1 saturated heterocycles. The van der Waals surface area contributed by atoms with Crippen molar-refractivity contribution in [1.82, 2.24) is 4.90 Å². The molecule has 102 valence electrons. The fraction of sp³-hybridized carbons (Fsp3) is 0.846. The molecule has 0 aromatic heterocycles. The minimum Gasteiger partial charge on any atom is -0.392 e. The average molecular weight is 270 g/mol. The maximum atomic E-state index is 12.7. The van der Waals surface area contributed by atoms with Crippen molar-refractivity contribution in [3.05, 3.63) is 0 Å². The van der Waals surface area contributed by atoms with Crippen molar-refractivity contribution in [3.8, 4) is 0 Å². The first-order valence-electron chi connectivity index (χ1n) is 6.72. The summed E-state index contributed by atoms with van der Waals surface area (Å²) in [5, 5.41) is 0. The van der Waals surface area contributed by atoms with Crippen LogP contribution in [0.3, 0.4) is 0 Å². The van der Waals surface area contributed by atoms with Crippen molar-refractivity contribution in [2.75, 3.05) is 20.2 Å². The van der Waals surface area contributed by atoms with Gasteiger partial charge in [-0.25, -0.2) is 0 Å². The number of methoxy groups -OCH3 is 1. The van der Waals surface area contributed by atoms with E-state index in [9.17, 15) is 4.79 Å². The van der Waals surface area contributed by atoms with Crippen LogP contribution in [0.25, 0.3) is 0 Å². The van der Waals surface area contributed by atoms with Crippen molar-refractivity contribution in [3.63, 3.8) is 0 Å². The first-order valence-corrected chi connectivity index (χ1v) is 7.13. The van der Waals surface area contributed by atoms with Crippen LogP contribution in [-0.2, 0) is 9.53 Å². The molecule has 0 aromatic carbocycles. The Hall–Kier alpha value is -0.680. The van der Waals surface area contributed by atoms with Gasteiger partial charge in [-0.1, -0.05) is 25.1 Å². The molecule has 0 aromatic rings. The van der Waals surface area contributed by atoms with Crippen molar-refractivity contribution in [2.24, 2.45) is 11.1 Å². The van der Waals surface area contributed by atoms with E-state index in [2.05, 4.69) is 0 Å². The summed E-state index contributed by atoms with van der Waals surface area (Å²) in [7, 11) is 1.73. The maximum absolute atomic E-state index is 12.7. The molecule has 2 aliphatic rings. The van der Waals surface area contributed by atoms with Crippen LogP contribution in [0.4, 0.5) is 0 Å². The van der Waals surface area contributed by atoms with E-state index < -0.39 is 5.41 Å². The van der Waals surface area contributed by atoms with Crippen LogP contribution in [0.15, 0.2) is 0 Å². The molecule has 1 saturated carbocycles. The summed E-state index contributed by atoms with van der Waals surface area (Å²) in [6.07, 6.45) is 5.87. The summed E-state index contributed by atoms with van der Waals surface area (Å²) in [4.78, 5) is 15.0. The summed E-state index contributed by atoms with van der Waals surface area (Å²) in [6.45, 7) is 1.53. The molecule has 1 aliphatic carbocycles. The van der Waals surface area contributed by atoms with E-state index in [-0.39, 0.29) is 5.91 Å². The fourth-order valence-electron chi connectivity index (χ4n) is 3.14. The molecule has 18 heavy (non-hydrogen) atoms. The normalized spacial score (nSPS) is 24.2. The quantitative estimate of drug-likeness (QED) is 0.789. The predicted molar refractivity (Wildman–Crippen MR) is 74.3 cm³/mol. The van der Waals surface area contributed by atoms with E-state index in [1.165, 1.54) is 0 Å². The highest BCUT2D eigenvalue weighted by Gasteiger charge is 2.46. The van der Waals surface area contributed by atoms with Gasteiger partial charge in [0.15, 0.2) is 0 Å². The van der Waals surface area contributed by atoms with Crippen LogP contribution in [0.1, 0.15) is 38.5 Å². The highest BCUT2D eigenvalue weighted by molar-refractivity contribution is 7.80. The predicted octanol–water partition coefficient (Wildman–Crippen LogP) is 1.47. The van der Waals surface area contributed by atoms with Gasteiger partial charge in [0.1, 0.15) is 0 Å². The number of ether oxygens (including phenoxy) is 1. The molecular formula is C13H22N2O2S. The molecule has 0 unspecified atom stereocenters. The Morgan fingerprint density at radius 2 is 1.89 bits per heavy atom. The summed E-state index contributed by atoms with van der Waals surface area (Å²) in [5.74, 6) is 0.155. The summed E-state index contributed by atoms with van der Waals surface area (Å²) in [6, 6.07) is 0. The minimum absolute atomic E-state index is 0.155. The highest BCUT2D eigenvalue weighted by atomic mass is 32.1. The van der Waals surface area contributed by atoms with Crippen LogP contribution < -0.4 is 5.73 Å². The van der Waals surface area contributed by atoms with Gasteiger partial charge in [-0.15, -0.1) is 0 Å². The Balaban J connectivity index is 2.04. The number of hydrogen-bond acceptors (Lipinski definition) is 3. The number of thiocarbonyl (C=S) groups is 1. The molecule has 1 amide bonds. The lowest BCUT2D eigenvalue weighted by Gasteiger charge is -2.37. The zero-order valence-electron chi connectivity index (χ0n) is 11.0. The van der Waals surface area contributed by atoms with Crippen molar-refractivity contribution in [1.29, 1.82) is 0 Å². The van der Waals surface area contributed by atoms with Gasteiger partial charge in [0.05, 0.1) is 16.5 Å². The van der Waals surface area contributed by atoms with E-state index in [4.69, 9.17) is 22.7 Å². The third-order valence-electron chi connectivity index (χ3n) is 4.40. The second kappa shape index (κ2) is 5.53. The zero-order chi connectivity index (χ0) is 13.2. The molecule has 1 aliphatic heterocycles. The van der Waals surface area contributed by atoms with Gasteiger partial charge >= 0.3 is 0 Å². The number of nitrogens with two attached hydrogens (primary N) is 1. The molecule has 0 atom stereocenters. The third kappa shape index (κ3) is 2.38. The number of hydrogen-bond donors (Lipinski definition) is 1. The van der Waals surface area contributed by atoms with Crippen molar-refractivity contribution < 1.29 is 9.53 Å². The second-order valence-corrected chi connectivity index (χ2v) is 5.82. The largest absolute Gasteiger partial charge is 0.392 e. The van der Waals surface area contributed by atoms with Crippen LogP contribution >= 0.6 is 12.2 Å². The minimum atomic E-state index is -0.546. The summed E-state index contributed by atoms with van der Waals surface area (Å²) >= 11 is 5.16. The van der Waals surface area contributed by atoms with E-state index >= 15 is 0 Å². The number of rotatable bonds is 3. The van der Waals surface area contributed by atoms with Crippen LogP contribution in [0.2, 0.25) is 0 Å². The van der Waals surface area contributed by atoms with Crippen LogP contribution in [0, 0.1) is 5.41 Å². The zero-order valence-corrected chi connectivity index (χ0v) is 11.8. The highest BCUT2D eigenvalue weighted by Crippen LogP contribution is 2.40. The van der Waals surface area contributed by atoms with Gasteiger partial charge in [-0.05, 0) is 25.7 Å². The van der Waals surface area contributed by atoms with Gasteiger partial charge in [-0.2, -0.15) is 0 Å². The molecule has 2 fully saturated rings. The molecule has 0 bridgehead atoms. The number of piperidine rings is 1. The number of carbonyl (C=O) groups is 1. The second-order valence-electron chi connectivity index (χ2n) is 5.38. The van der Waals surface area contributed by atoms with Gasteiger partial charge < -0.3 is 15.4 Å². The maximum Gasteiger partial charge on any atom is 0.235 e. The van der Waals surface area contributed by atoms with Crippen LogP contribution in [-0.4, -0.2) is 42.1 Å². The number of carbonyl (C=O) groups excluding carboxylic acids is 1. The van der Waals surface area contributed by atoms with Gasteiger partial charge in [0.25, 0.3) is 0 Å². The van der Waals surface area contributed by atoms with Crippen LogP contribution in [0.5, 0.6) is 0 Å². The molecule has 1 heterocycles. The van der Waals surface area contributed by atoms with Crippen molar-refractivity contribution in [2.45, 2.75) is 44.6 Å². The van der Waals surface area contributed by atoms with Gasteiger partial charge in [-0.3, -0.25) is 4.79 Å². The molecule has 0 spiro atoms. The SMILES string of the molecule is COC1CCN(C(=O)C2(C(N)=S)CCCC2)CC1. The fourth-order valence-corrected chi connectivity index (χ4v) is 3.43. The summed E-state index contributed by atoms with van der Waals surface area (Å²) in [5.41, 5.74) is 5.31. The topological polar surface area (TPSA) is 55.6 Å². The Labute approximate surface area is 114 Å². The Morgan fingerprint density at radius 1 is 1.33 bits per heavy atom. The third-order valence-corrected chi connectivity index (χ3v) is 4.79. The number of likely N-dealkylation sites (tertiary alicyclic amines) is 1. The van der Waals surface area contributed by atoms with Crippen molar-refractivity contribution >= 4 is 23.1 Å². The Kier molecular flexibility index (Phi) is 4.22. The molecule has 2 N–H and O–H groups in total. The number of nitrogens with zero attached hydrogens (tertiary/aromatic N) is 1. The molecule has 0 radical (unpaired) electrons. The van der Waals surface area contributed by atoms with Gasteiger partial charge in [0, 0.05) is 20.2 Å². The van der Waals surface area contributed by atoms with E-state index in [0.29, 0.717) is 11.1 Å². The Morgan fingerprint density at radius 3 is 2.33 bits per heavy atom. The lowest BCUT2D eigenvalue weighted by molar-refractivity contribution is -0.140. The molecule has 4 nitrogen and oxygen atoms in total. The first kappa shape index (κ1) is 13.7. The van der Waals surface area contributed by atoms with E-state index in [1.54, 1.807) is 7.11 Å². The first-order chi connectivity index (χ1) is 8.60. The average Bonchev–Trinajstić information content (AvgIpc) is 2.88.